The van der Waals surface area contributed by atoms with Gasteiger partial charge in [-0.2, -0.15) is 0 Å². The Bertz CT molecular complexity index is 710. The van der Waals surface area contributed by atoms with E-state index in [-0.39, 0.29) is 6.04 Å². The zero-order valence-corrected chi connectivity index (χ0v) is 12.8. The molecule has 2 aromatic carbocycles. The molecule has 3 rings (SSSR count). The molecule has 0 saturated heterocycles. The van der Waals surface area contributed by atoms with Crippen molar-refractivity contribution in [3.8, 4) is 0 Å². The average Bonchev–Trinajstić information content (AvgIpc) is 2.98. The summed E-state index contributed by atoms with van der Waals surface area (Å²) in [6.07, 6.45) is 0.746. The van der Waals surface area contributed by atoms with Crippen molar-refractivity contribution in [3.05, 3.63) is 80.8 Å². The number of halogens is 1. The Morgan fingerprint density at radius 2 is 1.71 bits per heavy atom. The summed E-state index contributed by atoms with van der Waals surface area (Å²) in [7, 11) is 0. The highest BCUT2D eigenvalue weighted by Gasteiger charge is 2.14. The van der Waals surface area contributed by atoms with Gasteiger partial charge in [0, 0.05) is 11.4 Å². The molecule has 2 N–H and O–H groups in total. The third-order valence-corrected chi connectivity index (χ3v) is 4.43. The Labute approximate surface area is 132 Å². The summed E-state index contributed by atoms with van der Waals surface area (Å²) in [5, 5.41) is 11.0. The molecule has 1 heterocycles. The lowest BCUT2D eigenvalue weighted by atomic mass is 10.1. The van der Waals surface area contributed by atoms with Crippen LogP contribution in [0.1, 0.15) is 27.2 Å². The van der Waals surface area contributed by atoms with Gasteiger partial charge in [-0.1, -0.05) is 65.4 Å². The lowest BCUT2D eigenvalue weighted by Crippen LogP contribution is -2.11. The minimum Gasteiger partial charge on any atom is -0.318 e. The van der Waals surface area contributed by atoms with Crippen molar-refractivity contribution in [2.45, 2.75) is 12.5 Å². The fraction of sp³-hybridized carbons (Fsp3) is 0.125. The number of aromatic nitrogens is 2. The SMILES string of the molecule is NC(c1ccccc1)c1nnc(Cc2ccc(Cl)cc2)s1. The molecular weight excluding hydrogens is 302 g/mol. The summed E-state index contributed by atoms with van der Waals surface area (Å²) >= 11 is 7.44. The van der Waals surface area contributed by atoms with Gasteiger partial charge in [0.2, 0.25) is 0 Å². The Balaban J connectivity index is 1.75. The predicted octanol–water partition coefficient (Wildman–Crippen LogP) is 3.83. The normalized spacial score (nSPS) is 12.3. The van der Waals surface area contributed by atoms with Crippen molar-refractivity contribution in [1.82, 2.24) is 10.2 Å². The van der Waals surface area contributed by atoms with E-state index in [0.717, 1.165) is 32.6 Å². The molecule has 3 aromatic rings. The molecule has 0 spiro atoms. The predicted molar refractivity (Wildman–Crippen MR) is 86.6 cm³/mol. The van der Waals surface area contributed by atoms with Gasteiger partial charge in [0.15, 0.2) is 0 Å². The van der Waals surface area contributed by atoms with Crippen molar-refractivity contribution in [2.75, 3.05) is 0 Å². The first-order chi connectivity index (χ1) is 10.2. The van der Waals surface area contributed by atoms with Crippen molar-refractivity contribution < 1.29 is 0 Å². The minimum atomic E-state index is -0.220. The summed E-state index contributed by atoms with van der Waals surface area (Å²) in [5.41, 5.74) is 8.44. The monoisotopic (exact) mass is 315 g/mol. The van der Waals surface area contributed by atoms with Gasteiger partial charge in [-0.3, -0.25) is 0 Å². The highest BCUT2D eigenvalue weighted by atomic mass is 35.5. The second-order valence-electron chi connectivity index (χ2n) is 4.73. The molecule has 0 aliphatic rings. The van der Waals surface area contributed by atoms with E-state index in [9.17, 15) is 0 Å². The van der Waals surface area contributed by atoms with Crippen molar-refractivity contribution in [1.29, 1.82) is 0 Å². The van der Waals surface area contributed by atoms with Gasteiger partial charge < -0.3 is 5.73 Å². The number of hydrogen-bond donors (Lipinski definition) is 1. The summed E-state index contributed by atoms with van der Waals surface area (Å²) < 4.78 is 0. The number of nitrogens with two attached hydrogens (primary N) is 1. The van der Waals surface area contributed by atoms with Gasteiger partial charge in [-0.15, -0.1) is 10.2 Å². The first-order valence-corrected chi connectivity index (χ1v) is 7.79. The van der Waals surface area contributed by atoms with Gasteiger partial charge in [0.05, 0.1) is 6.04 Å². The zero-order valence-electron chi connectivity index (χ0n) is 11.2. The van der Waals surface area contributed by atoms with Crippen molar-refractivity contribution >= 4 is 22.9 Å². The quantitative estimate of drug-likeness (QED) is 0.796. The van der Waals surface area contributed by atoms with E-state index >= 15 is 0 Å². The summed E-state index contributed by atoms with van der Waals surface area (Å²) in [6, 6.07) is 17.5. The molecule has 1 unspecified atom stereocenters. The molecule has 0 bridgehead atoms. The Kier molecular flexibility index (Phi) is 4.29. The van der Waals surface area contributed by atoms with Crippen LogP contribution in [0.3, 0.4) is 0 Å². The highest BCUT2D eigenvalue weighted by Crippen LogP contribution is 2.24. The molecule has 0 aliphatic carbocycles. The van der Waals surface area contributed by atoms with E-state index in [1.165, 1.54) is 0 Å². The van der Waals surface area contributed by atoms with Gasteiger partial charge in [0.1, 0.15) is 10.0 Å². The van der Waals surface area contributed by atoms with E-state index in [1.54, 1.807) is 11.3 Å². The Morgan fingerprint density at radius 3 is 2.43 bits per heavy atom. The Morgan fingerprint density at radius 1 is 1.00 bits per heavy atom. The lowest BCUT2D eigenvalue weighted by molar-refractivity contribution is 0.824. The maximum Gasteiger partial charge on any atom is 0.138 e. The molecule has 21 heavy (non-hydrogen) atoms. The van der Waals surface area contributed by atoms with Crippen LogP contribution >= 0.6 is 22.9 Å². The lowest BCUT2D eigenvalue weighted by Gasteiger charge is -2.06. The zero-order chi connectivity index (χ0) is 14.7. The van der Waals surface area contributed by atoms with Gasteiger partial charge >= 0.3 is 0 Å². The molecule has 1 aromatic heterocycles. The van der Waals surface area contributed by atoms with Gasteiger partial charge in [-0.25, -0.2) is 0 Å². The maximum absolute atomic E-state index is 6.23. The van der Waals surface area contributed by atoms with E-state index in [0.29, 0.717) is 0 Å². The minimum absolute atomic E-state index is 0.220. The second-order valence-corrected chi connectivity index (χ2v) is 6.26. The topological polar surface area (TPSA) is 51.8 Å². The van der Waals surface area contributed by atoms with Crippen molar-refractivity contribution in [2.24, 2.45) is 5.73 Å². The number of rotatable bonds is 4. The smallest absolute Gasteiger partial charge is 0.138 e. The third kappa shape index (κ3) is 3.47. The number of nitrogens with zero attached hydrogens (tertiary/aromatic N) is 2. The van der Waals surface area contributed by atoms with Crippen LogP contribution < -0.4 is 5.73 Å². The van der Waals surface area contributed by atoms with E-state index < -0.39 is 0 Å². The third-order valence-electron chi connectivity index (χ3n) is 3.18. The number of benzene rings is 2. The van der Waals surface area contributed by atoms with Crippen molar-refractivity contribution in [3.63, 3.8) is 0 Å². The molecule has 106 valence electrons. The molecule has 5 heteroatoms. The second kappa shape index (κ2) is 6.35. The molecule has 0 amide bonds. The molecular formula is C16H14ClN3S. The molecule has 0 saturated carbocycles. The molecule has 0 radical (unpaired) electrons. The highest BCUT2D eigenvalue weighted by molar-refractivity contribution is 7.11. The van der Waals surface area contributed by atoms with Crippen LogP contribution in [0.25, 0.3) is 0 Å². The van der Waals surface area contributed by atoms with Crippen LogP contribution in [0.15, 0.2) is 54.6 Å². The van der Waals surface area contributed by atoms with E-state index in [1.807, 2.05) is 54.6 Å². The van der Waals surface area contributed by atoms with Crippen LogP contribution in [0.2, 0.25) is 5.02 Å². The summed E-state index contributed by atoms with van der Waals surface area (Å²) in [5.74, 6) is 0. The van der Waals surface area contributed by atoms with Gasteiger partial charge in [0.25, 0.3) is 0 Å². The standard InChI is InChI=1S/C16H14ClN3S/c17-13-8-6-11(7-9-13)10-14-19-20-16(21-14)15(18)12-4-2-1-3-5-12/h1-9,15H,10,18H2. The molecule has 0 fully saturated rings. The van der Waals surface area contributed by atoms with E-state index in [2.05, 4.69) is 10.2 Å². The molecule has 1 atom stereocenters. The summed E-state index contributed by atoms with van der Waals surface area (Å²) in [4.78, 5) is 0. The fourth-order valence-corrected chi connectivity index (χ4v) is 3.08. The van der Waals surface area contributed by atoms with Crippen LogP contribution in [0.4, 0.5) is 0 Å². The summed E-state index contributed by atoms with van der Waals surface area (Å²) in [6.45, 7) is 0. The van der Waals surface area contributed by atoms with Crippen LogP contribution in [0.5, 0.6) is 0 Å². The molecule has 0 aliphatic heterocycles. The fourth-order valence-electron chi connectivity index (χ4n) is 2.04. The molecule has 3 nitrogen and oxygen atoms in total. The first kappa shape index (κ1) is 14.2. The van der Waals surface area contributed by atoms with Crippen LogP contribution in [-0.4, -0.2) is 10.2 Å². The van der Waals surface area contributed by atoms with Crippen LogP contribution in [0, 0.1) is 0 Å². The Hall–Kier alpha value is -1.75. The van der Waals surface area contributed by atoms with Crippen LogP contribution in [-0.2, 0) is 6.42 Å². The van der Waals surface area contributed by atoms with E-state index in [4.69, 9.17) is 17.3 Å². The largest absolute Gasteiger partial charge is 0.318 e. The average molecular weight is 316 g/mol. The first-order valence-electron chi connectivity index (χ1n) is 6.59. The number of hydrogen-bond acceptors (Lipinski definition) is 4. The maximum atomic E-state index is 6.23. The van der Waals surface area contributed by atoms with Gasteiger partial charge in [-0.05, 0) is 23.3 Å².